The number of hydrogen-bond acceptors (Lipinski definition) is 3. The van der Waals surface area contributed by atoms with Crippen LogP contribution in [-0.2, 0) is 0 Å². The number of fused-ring (bicyclic) bond motifs is 1. The molecule has 4 nitrogen and oxygen atoms in total. The van der Waals surface area contributed by atoms with E-state index >= 15 is 0 Å². The SMILES string of the molecule is CC1CC(C)CN(C(C)CNC(=O)c2cc(-c3ccccc3)nc3ccccc23)C1. The fraction of sp³-hybridized carbons (Fsp3) is 0.385. The van der Waals surface area contributed by atoms with E-state index in [2.05, 4.69) is 31.0 Å². The van der Waals surface area contributed by atoms with Gasteiger partial charge in [-0.2, -0.15) is 0 Å². The van der Waals surface area contributed by atoms with Gasteiger partial charge >= 0.3 is 0 Å². The van der Waals surface area contributed by atoms with Crippen LogP contribution < -0.4 is 5.32 Å². The quantitative estimate of drug-likeness (QED) is 0.654. The number of benzene rings is 2. The lowest BCUT2D eigenvalue weighted by molar-refractivity contribution is 0.0869. The third kappa shape index (κ3) is 4.54. The average Bonchev–Trinajstić information content (AvgIpc) is 2.76. The molecule has 1 N–H and O–H groups in total. The maximum atomic E-state index is 13.2. The molecule has 3 atom stereocenters. The highest BCUT2D eigenvalue weighted by Gasteiger charge is 2.25. The Labute approximate surface area is 179 Å². The molecule has 30 heavy (non-hydrogen) atoms. The van der Waals surface area contributed by atoms with Crippen molar-refractivity contribution in [3.8, 4) is 11.3 Å². The predicted molar refractivity (Wildman–Crippen MR) is 123 cm³/mol. The number of carbonyl (C=O) groups is 1. The highest BCUT2D eigenvalue weighted by atomic mass is 16.1. The van der Waals surface area contributed by atoms with Gasteiger partial charge in [0.1, 0.15) is 0 Å². The fourth-order valence-corrected chi connectivity index (χ4v) is 4.66. The molecule has 156 valence electrons. The first kappa shape index (κ1) is 20.5. The van der Waals surface area contributed by atoms with Crippen LogP contribution in [0.3, 0.4) is 0 Å². The van der Waals surface area contributed by atoms with E-state index in [1.165, 1.54) is 6.42 Å². The molecule has 1 amide bonds. The van der Waals surface area contributed by atoms with Gasteiger partial charge in [-0.15, -0.1) is 0 Å². The van der Waals surface area contributed by atoms with Gasteiger partial charge in [0.05, 0.1) is 16.8 Å². The smallest absolute Gasteiger partial charge is 0.252 e. The van der Waals surface area contributed by atoms with Crippen LogP contribution in [0.15, 0.2) is 60.7 Å². The van der Waals surface area contributed by atoms with Crippen molar-refractivity contribution in [3.63, 3.8) is 0 Å². The lowest BCUT2D eigenvalue weighted by Gasteiger charge is -2.38. The van der Waals surface area contributed by atoms with E-state index in [4.69, 9.17) is 4.98 Å². The van der Waals surface area contributed by atoms with E-state index < -0.39 is 0 Å². The number of likely N-dealkylation sites (tertiary alicyclic amines) is 1. The number of aromatic nitrogens is 1. The van der Waals surface area contributed by atoms with Crippen LogP contribution >= 0.6 is 0 Å². The summed E-state index contributed by atoms with van der Waals surface area (Å²) >= 11 is 0. The van der Waals surface area contributed by atoms with Crippen molar-refractivity contribution < 1.29 is 4.79 Å². The van der Waals surface area contributed by atoms with Crippen molar-refractivity contribution in [2.24, 2.45) is 11.8 Å². The zero-order valence-corrected chi connectivity index (χ0v) is 18.1. The van der Waals surface area contributed by atoms with Crippen molar-refractivity contribution in [2.45, 2.75) is 33.2 Å². The summed E-state index contributed by atoms with van der Waals surface area (Å²) in [5.74, 6) is 1.39. The van der Waals surface area contributed by atoms with Gasteiger partial charge in [0.15, 0.2) is 0 Å². The van der Waals surface area contributed by atoms with Gasteiger partial charge in [-0.25, -0.2) is 4.98 Å². The standard InChI is InChI=1S/C26H31N3O/c1-18-13-19(2)17-29(16-18)20(3)15-27-26(30)23-14-25(21-9-5-4-6-10-21)28-24-12-8-7-11-22(23)24/h4-12,14,18-20H,13,15-17H2,1-3H3,(H,27,30). The maximum absolute atomic E-state index is 13.2. The molecule has 3 aromatic rings. The summed E-state index contributed by atoms with van der Waals surface area (Å²) in [7, 11) is 0. The summed E-state index contributed by atoms with van der Waals surface area (Å²) in [6.45, 7) is 9.72. The van der Waals surface area contributed by atoms with Crippen molar-refractivity contribution in [1.82, 2.24) is 15.2 Å². The van der Waals surface area contributed by atoms with Gasteiger partial charge in [-0.3, -0.25) is 9.69 Å². The van der Waals surface area contributed by atoms with Crippen LogP contribution in [0.2, 0.25) is 0 Å². The first-order valence-electron chi connectivity index (χ1n) is 11.0. The third-order valence-corrected chi connectivity index (χ3v) is 6.11. The van der Waals surface area contributed by atoms with E-state index in [0.717, 1.165) is 35.2 Å². The minimum absolute atomic E-state index is 0.0317. The molecule has 0 aliphatic carbocycles. The summed E-state index contributed by atoms with van der Waals surface area (Å²) in [4.78, 5) is 20.5. The molecule has 1 fully saturated rings. The molecular formula is C26H31N3O. The average molecular weight is 402 g/mol. The Morgan fingerprint density at radius 1 is 1.07 bits per heavy atom. The van der Waals surface area contributed by atoms with Crippen LogP contribution in [0.5, 0.6) is 0 Å². The number of carbonyl (C=O) groups excluding carboxylic acids is 1. The van der Waals surface area contributed by atoms with E-state index in [-0.39, 0.29) is 5.91 Å². The number of amides is 1. The Morgan fingerprint density at radius 2 is 1.73 bits per heavy atom. The predicted octanol–water partition coefficient (Wildman–Crippen LogP) is 5.00. The van der Waals surface area contributed by atoms with Crippen LogP contribution in [0, 0.1) is 11.8 Å². The zero-order chi connectivity index (χ0) is 21.1. The molecule has 0 radical (unpaired) electrons. The van der Waals surface area contributed by atoms with Crippen molar-refractivity contribution in [2.75, 3.05) is 19.6 Å². The molecule has 2 aromatic carbocycles. The van der Waals surface area contributed by atoms with E-state index in [1.807, 2.05) is 60.7 Å². The fourth-order valence-electron chi connectivity index (χ4n) is 4.66. The van der Waals surface area contributed by atoms with Crippen LogP contribution in [0.1, 0.15) is 37.6 Å². The molecular weight excluding hydrogens is 370 g/mol. The van der Waals surface area contributed by atoms with E-state index in [9.17, 15) is 4.79 Å². The van der Waals surface area contributed by atoms with Gasteiger partial charge in [-0.1, -0.05) is 62.4 Å². The van der Waals surface area contributed by atoms with Crippen LogP contribution in [0.4, 0.5) is 0 Å². The summed E-state index contributed by atoms with van der Waals surface area (Å²) in [5.41, 5.74) is 3.37. The van der Waals surface area contributed by atoms with E-state index in [0.29, 0.717) is 30.0 Å². The maximum Gasteiger partial charge on any atom is 0.252 e. The highest BCUT2D eigenvalue weighted by Crippen LogP contribution is 2.25. The van der Waals surface area contributed by atoms with Crippen molar-refractivity contribution in [3.05, 3.63) is 66.2 Å². The summed E-state index contributed by atoms with van der Waals surface area (Å²) in [6, 6.07) is 20.1. The second-order valence-electron chi connectivity index (χ2n) is 8.90. The molecule has 3 unspecified atom stereocenters. The highest BCUT2D eigenvalue weighted by molar-refractivity contribution is 6.07. The molecule has 1 aromatic heterocycles. The van der Waals surface area contributed by atoms with Gasteiger partial charge in [0.25, 0.3) is 5.91 Å². The minimum atomic E-state index is -0.0317. The lowest BCUT2D eigenvalue weighted by atomic mass is 9.91. The second kappa shape index (κ2) is 8.97. The number of hydrogen-bond donors (Lipinski definition) is 1. The molecule has 2 heterocycles. The monoisotopic (exact) mass is 401 g/mol. The van der Waals surface area contributed by atoms with Crippen LogP contribution in [0.25, 0.3) is 22.2 Å². The van der Waals surface area contributed by atoms with Crippen molar-refractivity contribution in [1.29, 1.82) is 0 Å². The second-order valence-corrected chi connectivity index (χ2v) is 8.90. The van der Waals surface area contributed by atoms with Crippen molar-refractivity contribution >= 4 is 16.8 Å². The van der Waals surface area contributed by atoms with Crippen LogP contribution in [-0.4, -0.2) is 41.5 Å². The number of rotatable bonds is 5. The number of para-hydroxylation sites is 1. The number of nitrogens with one attached hydrogen (secondary N) is 1. The molecule has 4 rings (SSSR count). The number of piperidine rings is 1. The third-order valence-electron chi connectivity index (χ3n) is 6.11. The van der Waals surface area contributed by atoms with Gasteiger partial charge in [0, 0.05) is 36.6 Å². The molecule has 0 bridgehead atoms. The first-order valence-corrected chi connectivity index (χ1v) is 11.0. The number of pyridine rings is 1. The molecule has 0 spiro atoms. The Hall–Kier alpha value is -2.72. The first-order chi connectivity index (χ1) is 14.5. The topological polar surface area (TPSA) is 45.2 Å². The molecule has 1 saturated heterocycles. The normalized spacial score (nSPS) is 20.8. The van der Waals surface area contributed by atoms with Gasteiger partial charge in [-0.05, 0) is 37.3 Å². The Bertz CT molecular complexity index is 1010. The molecule has 1 aliphatic rings. The summed E-state index contributed by atoms with van der Waals surface area (Å²) < 4.78 is 0. The minimum Gasteiger partial charge on any atom is -0.350 e. The Balaban J connectivity index is 1.55. The zero-order valence-electron chi connectivity index (χ0n) is 18.1. The van der Waals surface area contributed by atoms with Gasteiger partial charge in [0.2, 0.25) is 0 Å². The molecule has 4 heteroatoms. The lowest BCUT2D eigenvalue weighted by Crippen LogP contribution is -2.48. The molecule has 0 saturated carbocycles. The molecule has 1 aliphatic heterocycles. The summed E-state index contributed by atoms with van der Waals surface area (Å²) in [5, 5.41) is 4.08. The largest absolute Gasteiger partial charge is 0.350 e. The summed E-state index contributed by atoms with van der Waals surface area (Å²) in [6.07, 6.45) is 1.29. The number of nitrogens with zero attached hydrogens (tertiary/aromatic N) is 2. The Morgan fingerprint density at radius 3 is 2.47 bits per heavy atom. The Kier molecular flexibility index (Phi) is 6.14. The van der Waals surface area contributed by atoms with E-state index in [1.54, 1.807) is 0 Å². The van der Waals surface area contributed by atoms with Gasteiger partial charge < -0.3 is 5.32 Å².